The van der Waals surface area contributed by atoms with Crippen LogP contribution in [-0.2, 0) is 4.79 Å². The fourth-order valence-electron chi connectivity index (χ4n) is 3.22. The minimum absolute atomic E-state index is 0.216. The molecule has 1 aliphatic rings. The first kappa shape index (κ1) is 17.0. The highest BCUT2D eigenvalue weighted by Crippen LogP contribution is 2.21. The number of furan rings is 1. The summed E-state index contributed by atoms with van der Waals surface area (Å²) >= 11 is 0. The molecule has 0 bridgehead atoms. The second-order valence-corrected chi connectivity index (χ2v) is 6.35. The van der Waals surface area contributed by atoms with Crippen LogP contribution in [0.15, 0.2) is 59.9 Å². The van der Waals surface area contributed by atoms with E-state index in [1.54, 1.807) is 58.7 Å². The summed E-state index contributed by atoms with van der Waals surface area (Å²) in [5, 5.41) is 2.86. The number of hydrogen-bond acceptors (Lipinski definition) is 5. The Morgan fingerprint density at radius 1 is 1.22 bits per heavy atom. The maximum absolute atomic E-state index is 12.8. The first-order valence-corrected chi connectivity index (χ1v) is 8.82. The highest BCUT2D eigenvalue weighted by molar-refractivity contribution is 6.00. The van der Waals surface area contributed by atoms with Crippen molar-refractivity contribution in [2.45, 2.75) is 25.3 Å². The van der Waals surface area contributed by atoms with Gasteiger partial charge in [-0.3, -0.25) is 14.2 Å². The molecular weight excluding hydrogens is 346 g/mol. The van der Waals surface area contributed by atoms with Gasteiger partial charge in [0.05, 0.1) is 18.1 Å². The van der Waals surface area contributed by atoms with Crippen LogP contribution in [0.4, 0.5) is 5.69 Å². The van der Waals surface area contributed by atoms with Crippen molar-refractivity contribution in [2.24, 2.45) is 0 Å². The summed E-state index contributed by atoms with van der Waals surface area (Å²) in [5.41, 5.74) is 0.583. The summed E-state index contributed by atoms with van der Waals surface area (Å²) < 4.78 is 6.98. The third kappa shape index (κ3) is 3.59. The number of hydrogen-bond donors (Lipinski definition) is 1. The van der Waals surface area contributed by atoms with Gasteiger partial charge in [0.15, 0.2) is 5.76 Å². The zero-order valence-electron chi connectivity index (χ0n) is 14.6. The molecular formula is C19H19N5O3. The van der Waals surface area contributed by atoms with Crippen molar-refractivity contribution in [2.75, 3.05) is 11.9 Å². The molecule has 0 aliphatic carbocycles. The number of rotatable bonds is 4. The van der Waals surface area contributed by atoms with E-state index in [-0.39, 0.29) is 17.6 Å². The summed E-state index contributed by atoms with van der Waals surface area (Å²) in [6.07, 6.45) is 10.6. The normalized spacial score (nSPS) is 16.9. The Hall–Kier alpha value is -3.42. The standard InChI is InChI=1S/C19H19N5O3/c25-18(22-14-6-7-17(21-12-14)23-10-8-20-13-23)15-4-1-2-9-24(15)19(26)16-5-3-11-27-16/h3,5-8,10-13,15H,1-2,4,9H2,(H,22,25). The van der Waals surface area contributed by atoms with E-state index in [1.165, 1.54) is 6.26 Å². The molecule has 3 aromatic rings. The number of carbonyl (C=O) groups excluding carboxylic acids is 2. The number of piperidine rings is 1. The fraction of sp³-hybridized carbons (Fsp3) is 0.263. The molecule has 1 saturated heterocycles. The van der Waals surface area contributed by atoms with Crippen LogP contribution in [0.1, 0.15) is 29.8 Å². The Balaban J connectivity index is 1.46. The van der Waals surface area contributed by atoms with Gasteiger partial charge in [-0.15, -0.1) is 0 Å². The van der Waals surface area contributed by atoms with Gasteiger partial charge in [0.25, 0.3) is 5.91 Å². The number of carbonyl (C=O) groups is 2. The van der Waals surface area contributed by atoms with Crippen LogP contribution in [0, 0.1) is 0 Å². The van der Waals surface area contributed by atoms with E-state index in [2.05, 4.69) is 15.3 Å². The summed E-state index contributed by atoms with van der Waals surface area (Å²) in [6.45, 7) is 0.537. The molecule has 0 saturated carbocycles. The van der Waals surface area contributed by atoms with E-state index in [9.17, 15) is 9.59 Å². The van der Waals surface area contributed by atoms with Crippen molar-refractivity contribution in [3.63, 3.8) is 0 Å². The van der Waals surface area contributed by atoms with Crippen molar-refractivity contribution in [3.8, 4) is 5.82 Å². The predicted octanol–water partition coefficient (Wildman–Crippen LogP) is 2.49. The highest BCUT2D eigenvalue weighted by atomic mass is 16.3. The lowest BCUT2D eigenvalue weighted by Gasteiger charge is -2.34. The molecule has 138 valence electrons. The number of nitrogens with one attached hydrogen (secondary N) is 1. The quantitative estimate of drug-likeness (QED) is 0.767. The van der Waals surface area contributed by atoms with Gasteiger partial charge in [0.1, 0.15) is 18.2 Å². The minimum Gasteiger partial charge on any atom is -0.459 e. The molecule has 2 amide bonds. The number of nitrogens with zero attached hydrogens (tertiary/aromatic N) is 4. The van der Waals surface area contributed by atoms with Crippen LogP contribution in [0.2, 0.25) is 0 Å². The molecule has 0 radical (unpaired) electrons. The van der Waals surface area contributed by atoms with Crippen LogP contribution in [0.5, 0.6) is 0 Å². The van der Waals surface area contributed by atoms with Crippen molar-refractivity contribution in [3.05, 3.63) is 61.2 Å². The first-order chi connectivity index (χ1) is 13.2. The lowest BCUT2D eigenvalue weighted by Crippen LogP contribution is -2.49. The second-order valence-electron chi connectivity index (χ2n) is 6.35. The number of amides is 2. The van der Waals surface area contributed by atoms with Gasteiger partial charge in [-0.05, 0) is 43.5 Å². The van der Waals surface area contributed by atoms with Crippen LogP contribution in [0.25, 0.3) is 5.82 Å². The fourth-order valence-corrected chi connectivity index (χ4v) is 3.22. The Kier molecular flexibility index (Phi) is 4.69. The average Bonchev–Trinajstić information content (AvgIpc) is 3.42. The van der Waals surface area contributed by atoms with E-state index in [0.29, 0.717) is 24.5 Å². The molecule has 1 fully saturated rings. The van der Waals surface area contributed by atoms with Gasteiger partial charge >= 0.3 is 0 Å². The molecule has 3 aromatic heterocycles. The van der Waals surface area contributed by atoms with Crippen LogP contribution < -0.4 is 5.32 Å². The van der Waals surface area contributed by atoms with E-state index in [1.807, 2.05) is 0 Å². The van der Waals surface area contributed by atoms with Crippen molar-refractivity contribution >= 4 is 17.5 Å². The predicted molar refractivity (Wildman–Crippen MR) is 97.4 cm³/mol. The minimum atomic E-state index is -0.523. The molecule has 4 heterocycles. The van der Waals surface area contributed by atoms with Gasteiger partial charge in [-0.25, -0.2) is 9.97 Å². The molecule has 8 heteroatoms. The first-order valence-electron chi connectivity index (χ1n) is 8.82. The number of aromatic nitrogens is 3. The van der Waals surface area contributed by atoms with Crippen LogP contribution >= 0.6 is 0 Å². The maximum atomic E-state index is 12.8. The Bertz CT molecular complexity index is 903. The molecule has 1 unspecified atom stereocenters. The Morgan fingerprint density at radius 3 is 2.85 bits per heavy atom. The largest absolute Gasteiger partial charge is 0.459 e. The lowest BCUT2D eigenvalue weighted by molar-refractivity contribution is -0.121. The summed E-state index contributed by atoms with van der Waals surface area (Å²) in [4.78, 5) is 35.3. The number of pyridine rings is 1. The van der Waals surface area contributed by atoms with Gasteiger partial charge in [0.2, 0.25) is 5.91 Å². The molecule has 0 aromatic carbocycles. The molecule has 0 spiro atoms. The molecule has 8 nitrogen and oxygen atoms in total. The number of imidazole rings is 1. The molecule has 27 heavy (non-hydrogen) atoms. The van der Waals surface area contributed by atoms with Gasteiger partial charge in [-0.1, -0.05) is 0 Å². The van der Waals surface area contributed by atoms with E-state index in [0.717, 1.165) is 12.8 Å². The molecule has 1 aliphatic heterocycles. The van der Waals surface area contributed by atoms with Crippen molar-refractivity contribution in [1.82, 2.24) is 19.4 Å². The Morgan fingerprint density at radius 2 is 2.15 bits per heavy atom. The van der Waals surface area contributed by atoms with Gasteiger partial charge in [-0.2, -0.15) is 0 Å². The topological polar surface area (TPSA) is 93.3 Å². The number of anilines is 1. The summed E-state index contributed by atoms with van der Waals surface area (Å²) in [5.74, 6) is 0.485. The summed E-state index contributed by atoms with van der Waals surface area (Å²) in [6, 6.07) is 6.33. The molecule has 4 rings (SSSR count). The van der Waals surface area contributed by atoms with E-state index < -0.39 is 6.04 Å². The lowest BCUT2D eigenvalue weighted by atomic mass is 10.0. The zero-order chi connectivity index (χ0) is 18.6. The summed E-state index contributed by atoms with van der Waals surface area (Å²) in [7, 11) is 0. The smallest absolute Gasteiger partial charge is 0.290 e. The highest BCUT2D eigenvalue weighted by Gasteiger charge is 2.33. The van der Waals surface area contributed by atoms with Crippen LogP contribution in [-0.4, -0.2) is 43.8 Å². The maximum Gasteiger partial charge on any atom is 0.290 e. The SMILES string of the molecule is O=C(Nc1ccc(-n2ccnc2)nc1)C1CCCCN1C(=O)c1ccco1. The molecule has 1 atom stereocenters. The number of likely N-dealkylation sites (tertiary alicyclic amines) is 1. The van der Waals surface area contributed by atoms with Crippen molar-refractivity contribution < 1.29 is 14.0 Å². The van der Waals surface area contributed by atoms with E-state index >= 15 is 0 Å². The Labute approximate surface area is 155 Å². The zero-order valence-corrected chi connectivity index (χ0v) is 14.6. The monoisotopic (exact) mass is 365 g/mol. The average molecular weight is 365 g/mol. The second kappa shape index (κ2) is 7.45. The molecule has 1 N–H and O–H groups in total. The van der Waals surface area contributed by atoms with Crippen LogP contribution in [0.3, 0.4) is 0 Å². The third-order valence-electron chi connectivity index (χ3n) is 4.58. The van der Waals surface area contributed by atoms with Gasteiger partial charge in [0, 0.05) is 18.9 Å². The third-order valence-corrected chi connectivity index (χ3v) is 4.58. The van der Waals surface area contributed by atoms with E-state index in [4.69, 9.17) is 4.42 Å². The van der Waals surface area contributed by atoms with Crippen molar-refractivity contribution in [1.29, 1.82) is 0 Å². The van der Waals surface area contributed by atoms with Gasteiger partial charge < -0.3 is 14.6 Å².